The zero-order valence-electron chi connectivity index (χ0n) is 18.2. The number of halogens is 2. The molecule has 1 fully saturated rings. The number of rotatable bonds is 7. The molecule has 178 valence electrons. The lowest BCUT2D eigenvalue weighted by atomic mass is 10.2. The van der Waals surface area contributed by atoms with Gasteiger partial charge in [0.15, 0.2) is 15.0 Å². The maximum atomic E-state index is 12.4. The minimum atomic E-state index is -3.25. The second-order valence-corrected chi connectivity index (χ2v) is 11.8. The Hall–Kier alpha value is -1.72. The summed E-state index contributed by atoms with van der Waals surface area (Å²) in [6.07, 6.45) is 0. The van der Waals surface area contributed by atoms with Crippen LogP contribution in [-0.4, -0.2) is 69.2 Å². The van der Waals surface area contributed by atoms with E-state index in [0.29, 0.717) is 12.1 Å². The van der Waals surface area contributed by atoms with Gasteiger partial charge in [-0.2, -0.15) is 0 Å². The molecule has 1 amide bonds. The molecule has 0 saturated carbocycles. The summed E-state index contributed by atoms with van der Waals surface area (Å²) in [7, 11) is -3.25. The van der Waals surface area contributed by atoms with Gasteiger partial charge in [-0.05, 0) is 42.5 Å². The van der Waals surface area contributed by atoms with E-state index in [1.807, 2.05) is 12.1 Å². The van der Waals surface area contributed by atoms with E-state index in [4.69, 9.17) is 4.98 Å². The molecule has 3 aromatic rings. The number of aromatic nitrogens is 1. The first-order chi connectivity index (χ1) is 15.4. The molecular formula is C22H26BrClN4O3S2. The quantitative estimate of drug-likeness (QED) is 0.463. The van der Waals surface area contributed by atoms with Gasteiger partial charge in [-0.3, -0.25) is 9.69 Å². The van der Waals surface area contributed by atoms with Crippen molar-refractivity contribution in [2.24, 2.45) is 0 Å². The van der Waals surface area contributed by atoms with Crippen LogP contribution >= 0.6 is 39.7 Å². The second-order valence-electron chi connectivity index (χ2n) is 7.62. The lowest BCUT2D eigenvalue weighted by Crippen LogP contribution is -2.48. The zero-order valence-corrected chi connectivity index (χ0v) is 22.2. The van der Waals surface area contributed by atoms with Crippen molar-refractivity contribution in [1.82, 2.24) is 15.2 Å². The van der Waals surface area contributed by atoms with Crippen LogP contribution in [0.1, 0.15) is 17.3 Å². The summed E-state index contributed by atoms with van der Waals surface area (Å²) < 4.78 is 26.0. The number of amides is 1. The highest BCUT2D eigenvalue weighted by Gasteiger charge is 2.20. The fourth-order valence-corrected chi connectivity index (χ4v) is 6.05. The van der Waals surface area contributed by atoms with Crippen LogP contribution in [0.15, 0.2) is 51.8 Å². The normalized spacial score (nSPS) is 14.8. The molecule has 1 saturated heterocycles. The molecule has 1 aliphatic rings. The van der Waals surface area contributed by atoms with Crippen molar-refractivity contribution in [3.05, 3.63) is 52.5 Å². The lowest BCUT2D eigenvalue weighted by molar-refractivity contribution is 0.0947. The fourth-order valence-electron chi connectivity index (χ4n) is 3.59. The summed E-state index contributed by atoms with van der Waals surface area (Å²) in [5.41, 5.74) is 1.49. The minimum Gasteiger partial charge on any atom is -0.351 e. The molecular weight excluding hydrogens is 548 g/mol. The van der Waals surface area contributed by atoms with Crippen molar-refractivity contribution in [1.29, 1.82) is 0 Å². The Morgan fingerprint density at radius 1 is 1.12 bits per heavy atom. The van der Waals surface area contributed by atoms with E-state index in [9.17, 15) is 13.2 Å². The number of hydrogen-bond donors (Lipinski definition) is 1. The topological polar surface area (TPSA) is 82.6 Å². The first kappa shape index (κ1) is 25.9. The molecule has 11 heteroatoms. The Morgan fingerprint density at radius 2 is 1.82 bits per heavy atom. The maximum absolute atomic E-state index is 12.4. The molecule has 0 bridgehead atoms. The van der Waals surface area contributed by atoms with Crippen LogP contribution < -0.4 is 10.2 Å². The van der Waals surface area contributed by atoms with Crippen LogP contribution in [-0.2, 0) is 9.84 Å². The second kappa shape index (κ2) is 11.1. The van der Waals surface area contributed by atoms with Crippen LogP contribution in [0.5, 0.6) is 0 Å². The SMILES string of the molecule is CCS(=O)(=O)c1ccc(C(=O)NCCN2CCN(c3nc4ccc(Br)cc4s3)CC2)cc1.Cl. The molecule has 0 spiro atoms. The summed E-state index contributed by atoms with van der Waals surface area (Å²) in [6, 6.07) is 12.3. The Kier molecular flexibility index (Phi) is 8.74. The molecule has 0 radical (unpaired) electrons. The monoisotopic (exact) mass is 572 g/mol. The van der Waals surface area contributed by atoms with E-state index in [1.54, 1.807) is 30.4 Å². The van der Waals surface area contributed by atoms with Crippen LogP contribution in [0.3, 0.4) is 0 Å². The van der Waals surface area contributed by atoms with E-state index in [2.05, 4.69) is 37.1 Å². The van der Waals surface area contributed by atoms with Gasteiger partial charge in [0.1, 0.15) is 0 Å². The summed E-state index contributed by atoms with van der Waals surface area (Å²) in [6.45, 7) is 6.56. The summed E-state index contributed by atoms with van der Waals surface area (Å²) in [5.74, 6) is -0.146. The number of piperazine rings is 1. The van der Waals surface area contributed by atoms with E-state index < -0.39 is 9.84 Å². The Morgan fingerprint density at radius 3 is 2.48 bits per heavy atom. The molecule has 1 N–H and O–H groups in total. The van der Waals surface area contributed by atoms with Crippen molar-refractivity contribution < 1.29 is 13.2 Å². The van der Waals surface area contributed by atoms with Gasteiger partial charge in [0.25, 0.3) is 5.91 Å². The first-order valence-electron chi connectivity index (χ1n) is 10.5. The number of thiazole rings is 1. The average Bonchev–Trinajstić information content (AvgIpc) is 3.22. The third kappa shape index (κ3) is 6.24. The first-order valence-corrected chi connectivity index (χ1v) is 13.8. The third-order valence-corrected chi connectivity index (χ3v) is 8.87. The number of carbonyl (C=O) groups is 1. The summed E-state index contributed by atoms with van der Waals surface area (Å²) >= 11 is 5.23. The van der Waals surface area contributed by atoms with E-state index >= 15 is 0 Å². The van der Waals surface area contributed by atoms with Gasteiger partial charge in [-0.1, -0.05) is 34.2 Å². The fraction of sp³-hybridized carbons (Fsp3) is 0.364. The predicted molar refractivity (Wildman–Crippen MR) is 140 cm³/mol. The average molecular weight is 574 g/mol. The number of anilines is 1. The van der Waals surface area contributed by atoms with Gasteiger partial charge in [0.2, 0.25) is 0 Å². The number of benzene rings is 2. The number of fused-ring (bicyclic) bond motifs is 1. The number of sulfone groups is 1. The standard InChI is InChI=1S/C22H25BrN4O3S2.ClH/c1-2-32(29,30)18-6-3-16(4-7-18)21(28)24-9-10-26-11-13-27(14-12-26)22-25-19-8-5-17(23)15-20(19)31-22;/h3-8,15H,2,9-14H2,1H3,(H,24,28);1H. The Bertz CT molecular complexity index is 1210. The third-order valence-electron chi connectivity index (χ3n) is 5.55. The van der Waals surface area contributed by atoms with Crippen molar-refractivity contribution in [2.75, 3.05) is 49.9 Å². The molecule has 4 rings (SSSR count). The van der Waals surface area contributed by atoms with Crippen LogP contribution in [0, 0.1) is 0 Å². The van der Waals surface area contributed by atoms with E-state index in [1.165, 1.54) is 16.8 Å². The number of nitrogens with one attached hydrogen (secondary N) is 1. The highest BCUT2D eigenvalue weighted by molar-refractivity contribution is 9.10. The van der Waals surface area contributed by atoms with E-state index in [0.717, 1.165) is 47.8 Å². The molecule has 33 heavy (non-hydrogen) atoms. The summed E-state index contributed by atoms with van der Waals surface area (Å²) in [5, 5.41) is 3.98. The van der Waals surface area contributed by atoms with Crippen LogP contribution in [0.4, 0.5) is 5.13 Å². The van der Waals surface area contributed by atoms with Crippen molar-refractivity contribution in [3.63, 3.8) is 0 Å². The van der Waals surface area contributed by atoms with Gasteiger partial charge in [-0.25, -0.2) is 13.4 Å². The van der Waals surface area contributed by atoms with Gasteiger partial charge in [0, 0.05) is 49.3 Å². The number of nitrogens with zero attached hydrogens (tertiary/aromatic N) is 3. The predicted octanol–water partition coefficient (Wildman–Crippen LogP) is 3.83. The zero-order chi connectivity index (χ0) is 22.7. The van der Waals surface area contributed by atoms with Crippen molar-refractivity contribution in [3.8, 4) is 0 Å². The van der Waals surface area contributed by atoms with E-state index in [-0.39, 0.29) is 29.0 Å². The van der Waals surface area contributed by atoms with Gasteiger partial charge >= 0.3 is 0 Å². The lowest BCUT2D eigenvalue weighted by Gasteiger charge is -2.34. The smallest absolute Gasteiger partial charge is 0.251 e. The Balaban J connectivity index is 0.00000306. The van der Waals surface area contributed by atoms with Crippen molar-refractivity contribution in [2.45, 2.75) is 11.8 Å². The number of hydrogen-bond acceptors (Lipinski definition) is 7. The molecule has 0 aliphatic carbocycles. The molecule has 2 aromatic carbocycles. The molecule has 2 heterocycles. The minimum absolute atomic E-state index is 0. The van der Waals surface area contributed by atoms with Crippen LogP contribution in [0.25, 0.3) is 10.2 Å². The van der Waals surface area contributed by atoms with Gasteiger partial charge < -0.3 is 10.2 Å². The molecule has 7 nitrogen and oxygen atoms in total. The Labute approximate surface area is 212 Å². The summed E-state index contributed by atoms with van der Waals surface area (Å²) in [4.78, 5) is 22.0. The van der Waals surface area contributed by atoms with Crippen LogP contribution in [0.2, 0.25) is 0 Å². The maximum Gasteiger partial charge on any atom is 0.251 e. The number of carbonyl (C=O) groups excluding carboxylic acids is 1. The molecule has 1 aliphatic heterocycles. The molecule has 0 atom stereocenters. The van der Waals surface area contributed by atoms with Gasteiger partial charge in [0.05, 0.1) is 20.9 Å². The highest BCUT2D eigenvalue weighted by Crippen LogP contribution is 2.31. The molecule has 0 unspecified atom stereocenters. The van der Waals surface area contributed by atoms with Gasteiger partial charge in [-0.15, -0.1) is 12.4 Å². The largest absolute Gasteiger partial charge is 0.351 e. The van der Waals surface area contributed by atoms with Crippen molar-refractivity contribution >= 4 is 70.8 Å². The highest BCUT2D eigenvalue weighted by atomic mass is 79.9. The molecule has 1 aromatic heterocycles.